The van der Waals surface area contributed by atoms with Crippen LogP contribution in [0.1, 0.15) is 23.5 Å². The summed E-state index contributed by atoms with van der Waals surface area (Å²) in [7, 11) is 0. The Morgan fingerprint density at radius 3 is 2.11 bits per heavy atom. The number of hydrogen-bond donors (Lipinski definition) is 2. The summed E-state index contributed by atoms with van der Waals surface area (Å²) in [5, 5.41) is 10.9. The van der Waals surface area contributed by atoms with Crippen molar-refractivity contribution in [3.8, 4) is 11.1 Å². The van der Waals surface area contributed by atoms with E-state index >= 15 is 0 Å². The van der Waals surface area contributed by atoms with Gasteiger partial charge >= 0.3 is 12.1 Å². The standard InChI is InChI=1S/C20H19F2NO4/c21-19(22)12(9-18(24)25)10-23-20(26)27-11-17-15-7-3-1-5-13(15)14-6-2-4-8-16(14)17/h1-8,12,17,19H,9-11H2,(H,23,26)(H,24,25). The molecule has 0 saturated carbocycles. The van der Waals surface area contributed by atoms with Crippen LogP contribution < -0.4 is 5.32 Å². The minimum atomic E-state index is -2.84. The molecule has 0 spiro atoms. The molecule has 0 aromatic heterocycles. The van der Waals surface area contributed by atoms with Gasteiger partial charge in [-0.2, -0.15) is 0 Å². The number of hydrogen-bond acceptors (Lipinski definition) is 3. The van der Waals surface area contributed by atoms with Crippen molar-refractivity contribution in [3.05, 3.63) is 59.7 Å². The molecule has 5 nitrogen and oxygen atoms in total. The summed E-state index contributed by atoms with van der Waals surface area (Å²) < 4.78 is 30.9. The molecule has 0 radical (unpaired) electrons. The van der Waals surface area contributed by atoms with Gasteiger partial charge in [0.15, 0.2) is 0 Å². The molecule has 0 aliphatic heterocycles. The van der Waals surface area contributed by atoms with Gasteiger partial charge in [-0.1, -0.05) is 48.5 Å². The molecule has 2 aromatic carbocycles. The zero-order valence-electron chi connectivity index (χ0n) is 14.4. The van der Waals surface area contributed by atoms with Gasteiger partial charge < -0.3 is 15.2 Å². The second-order valence-corrected chi connectivity index (χ2v) is 6.40. The minimum absolute atomic E-state index is 0.0676. The molecule has 7 heteroatoms. The molecule has 2 aromatic rings. The zero-order chi connectivity index (χ0) is 19.4. The maximum absolute atomic E-state index is 12.8. The smallest absolute Gasteiger partial charge is 0.407 e. The number of nitrogens with one attached hydrogen (secondary N) is 1. The molecule has 1 amide bonds. The summed E-state index contributed by atoms with van der Waals surface area (Å²) in [6.07, 6.45) is -4.40. The molecule has 1 unspecified atom stereocenters. The lowest BCUT2D eigenvalue weighted by molar-refractivity contribution is -0.139. The third kappa shape index (κ3) is 4.24. The van der Waals surface area contributed by atoms with Crippen molar-refractivity contribution in [2.75, 3.05) is 13.2 Å². The van der Waals surface area contributed by atoms with Crippen molar-refractivity contribution in [1.29, 1.82) is 0 Å². The van der Waals surface area contributed by atoms with Crippen LogP contribution in [0.4, 0.5) is 13.6 Å². The van der Waals surface area contributed by atoms with Gasteiger partial charge in [-0.25, -0.2) is 13.6 Å². The van der Waals surface area contributed by atoms with E-state index < -0.39 is 37.4 Å². The Morgan fingerprint density at radius 1 is 1.04 bits per heavy atom. The topological polar surface area (TPSA) is 75.6 Å². The first-order valence-electron chi connectivity index (χ1n) is 8.56. The van der Waals surface area contributed by atoms with Gasteiger partial charge in [0.05, 0.1) is 6.42 Å². The third-order valence-corrected chi connectivity index (χ3v) is 4.65. The number of alkyl halides is 2. The lowest BCUT2D eigenvalue weighted by Gasteiger charge is -2.17. The fourth-order valence-electron chi connectivity index (χ4n) is 3.34. The summed E-state index contributed by atoms with van der Waals surface area (Å²) in [6, 6.07) is 15.7. The lowest BCUT2D eigenvalue weighted by atomic mass is 9.98. The molecule has 0 saturated heterocycles. The SMILES string of the molecule is O=C(O)CC(CNC(=O)OCC1c2ccccc2-c2ccccc21)C(F)F. The van der Waals surface area contributed by atoms with Gasteiger partial charge in [0, 0.05) is 18.4 Å². The molecule has 2 N–H and O–H groups in total. The minimum Gasteiger partial charge on any atom is -0.481 e. The van der Waals surface area contributed by atoms with Gasteiger partial charge in [-0.3, -0.25) is 4.79 Å². The van der Waals surface area contributed by atoms with Crippen LogP contribution >= 0.6 is 0 Å². The van der Waals surface area contributed by atoms with Crippen LogP contribution in [-0.2, 0) is 9.53 Å². The van der Waals surface area contributed by atoms with E-state index in [9.17, 15) is 18.4 Å². The molecular formula is C20H19F2NO4. The number of fused-ring (bicyclic) bond motifs is 3. The number of carboxylic acids is 1. The van der Waals surface area contributed by atoms with Crippen LogP contribution in [0.2, 0.25) is 0 Å². The Labute approximate surface area is 155 Å². The predicted octanol–water partition coefficient (Wildman–Crippen LogP) is 3.88. The highest BCUT2D eigenvalue weighted by Crippen LogP contribution is 2.44. The molecule has 0 fully saturated rings. The Balaban J connectivity index is 1.61. The predicted molar refractivity (Wildman–Crippen MR) is 94.8 cm³/mol. The number of amides is 1. The van der Waals surface area contributed by atoms with Crippen LogP contribution in [0.3, 0.4) is 0 Å². The highest BCUT2D eigenvalue weighted by Gasteiger charge is 2.29. The fraction of sp³-hybridized carbons (Fsp3) is 0.300. The Morgan fingerprint density at radius 2 is 1.59 bits per heavy atom. The molecule has 0 bridgehead atoms. The first kappa shape index (κ1) is 18.8. The lowest BCUT2D eigenvalue weighted by Crippen LogP contribution is -2.34. The van der Waals surface area contributed by atoms with E-state index in [4.69, 9.17) is 9.84 Å². The molecule has 1 aliphatic carbocycles. The summed E-state index contributed by atoms with van der Waals surface area (Å²) in [5.41, 5.74) is 4.26. The molecule has 3 rings (SSSR count). The fourth-order valence-corrected chi connectivity index (χ4v) is 3.34. The molecule has 142 valence electrons. The largest absolute Gasteiger partial charge is 0.481 e. The first-order valence-corrected chi connectivity index (χ1v) is 8.56. The first-order chi connectivity index (χ1) is 13.0. The maximum atomic E-state index is 12.8. The van der Waals surface area contributed by atoms with E-state index in [0.29, 0.717) is 0 Å². The normalized spacial score (nSPS) is 13.7. The maximum Gasteiger partial charge on any atom is 0.407 e. The van der Waals surface area contributed by atoms with E-state index in [1.807, 2.05) is 48.5 Å². The number of halogens is 2. The van der Waals surface area contributed by atoms with Crippen molar-refractivity contribution >= 4 is 12.1 Å². The van der Waals surface area contributed by atoms with Crippen LogP contribution in [0.15, 0.2) is 48.5 Å². The monoisotopic (exact) mass is 375 g/mol. The Kier molecular flexibility index (Phi) is 5.69. The summed E-state index contributed by atoms with van der Waals surface area (Å²) in [4.78, 5) is 22.5. The van der Waals surface area contributed by atoms with Crippen molar-refractivity contribution in [2.24, 2.45) is 5.92 Å². The summed E-state index contributed by atoms with van der Waals surface area (Å²) >= 11 is 0. The van der Waals surface area contributed by atoms with Crippen molar-refractivity contribution in [3.63, 3.8) is 0 Å². The number of carbonyl (C=O) groups excluding carboxylic acids is 1. The van der Waals surface area contributed by atoms with Gasteiger partial charge in [-0.05, 0) is 22.3 Å². The van der Waals surface area contributed by atoms with E-state index in [1.165, 1.54) is 0 Å². The average Bonchev–Trinajstić information content (AvgIpc) is 2.97. The van der Waals surface area contributed by atoms with Crippen LogP contribution in [-0.4, -0.2) is 36.7 Å². The third-order valence-electron chi connectivity index (χ3n) is 4.65. The number of carboxylic acid groups (broad SMARTS) is 1. The van der Waals surface area contributed by atoms with Gasteiger partial charge in [-0.15, -0.1) is 0 Å². The van der Waals surface area contributed by atoms with Crippen LogP contribution in [0.25, 0.3) is 11.1 Å². The number of benzene rings is 2. The molecule has 1 aliphatic rings. The van der Waals surface area contributed by atoms with Crippen LogP contribution in [0.5, 0.6) is 0 Å². The number of aliphatic carboxylic acids is 1. The van der Waals surface area contributed by atoms with E-state index in [1.54, 1.807) is 0 Å². The average molecular weight is 375 g/mol. The number of carbonyl (C=O) groups is 2. The summed E-state index contributed by atoms with van der Waals surface area (Å²) in [6.45, 7) is -0.390. The van der Waals surface area contributed by atoms with Crippen molar-refractivity contribution in [1.82, 2.24) is 5.32 Å². The number of alkyl carbamates (subject to hydrolysis) is 1. The van der Waals surface area contributed by atoms with E-state index in [0.717, 1.165) is 22.3 Å². The van der Waals surface area contributed by atoms with Gasteiger partial charge in [0.2, 0.25) is 6.43 Å². The van der Waals surface area contributed by atoms with Gasteiger partial charge in [0.25, 0.3) is 0 Å². The number of ether oxygens (including phenoxy) is 1. The van der Waals surface area contributed by atoms with E-state index in [2.05, 4.69) is 5.32 Å². The van der Waals surface area contributed by atoms with Crippen molar-refractivity contribution in [2.45, 2.75) is 18.8 Å². The van der Waals surface area contributed by atoms with E-state index in [-0.39, 0.29) is 12.5 Å². The van der Waals surface area contributed by atoms with Crippen molar-refractivity contribution < 1.29 is 28.2 Å². The Hall–Kier alpha value is -2.96. The van der Waals surface area contributed by atoms with Gasteiger partial charge in [0.1, 0.15) is 6.61 Å². The highest BCUT2D eigenvalue weighted by atomic mass is 19.3. The molecule has 27 heavy (non-hydrogen) atoms. The quantitative estimate of drug-likeness (QED) is 0.770. The second kappa shape index (κ2) is 8.16. The number of rotatable bonds is 7. The summed E-state index contributed by atoms with van der Waals surface area (Å²) in [5.74, 6) is -2.93. The Bertz CT molecular complexity index is 795. The van der Waals surface area contributed by atoms with Crippen LogP contribution in [0, 0.1) is 5.92 Å². The molecule has 1 atom stereocenters. The molecule has 0 heterocycles. The molecular weight excluding hydrogens is 356 g/mol. The second-order valence-electron chi connectivity index (χ2n) is 6.40. The zero-order valence-corrected chi connectivity index (χ0v) is 14.4. The highest BCUT2D eigenvalue weighted by molar-refractivity contribution is 5.79.